The fourth-order valence-electron chi connectivity index (χ4n) is 5.56. The number of nitrogens with two attached hydrogens (primary N) is 1. The van der Waals surface area contributed by atoms with Gasteiger partial charge in [0.25, 0.3) is 15.9 Å². The Bertz CT molecular complexity index is 1530. The number of hydrogen-bond acceptors (Lipinski definition) is 7. The van der Waals surface area contributed by atoms with Crippen molar-refractivity contribution in [2.24, 2.45) is 11.3 Å². The summed E-state index contributed by atoms with van der Waals surface area (Å²) >= 11 is 0. The topological polar surface area (TPSA) is 151 Å². The van der Waals surface area contributed by atoms with Gasteiger partial charge in [-0.05, 0) is 61.1 Å². The van der Waals surface area contributed by atoms with Crippen LogP contribution in [0.3, 0.4) is 0 Å². The average molecular weight is 656 g/mol. The molecule has 2 aromatic rings. The lowest BCUT2D eigenvalue weighted by Crippen LogP contribution is -2.61. The number of carbonyl (C=O) groups excluding carboxylic acids is 3. The van der Waals surface area contributed by atoms with Crippen LogP contribution in [0.2, 0.25) is 0 Å². The number of sulfonamides is 1. The Morgan fingerprint density at radius 3 is 2.07 bits per heavy atom. The van der Waals surface area contributed by atoms with Gasteiger partial charge in [-0.2, -0.15) is 0 Å². The van der Waals surface area contributed by atoms with Gasteiger partial charge < -0.3 is 21.3 Å². The summed E-state index contributed by atoms with van der Waals surface area (Å²) in [4.78, 5) is 42.6. The van der Waals surface area contributed by atoms with Crippen LogP contribution < -0.4 is 21.1 Å². The van der Waals surface area contributed by atoms with Crippen molar-refractivity contribution in [3.63, 3.8) is 0 Å². The molecule has 0 heterocycles. The molecule has 11 heteroatoms. The van der Waals surface area contributed by atoms with Crippen LogP contribution in [0.15, 0.2) is 65.1 Å². The van der Waals surface area contributed by atoms with E-state index in [9.17, 15) is 22.8 Å². The molecule has 1 unspecified atom stereocenters. The zero-order chi connectivity index (χ0) is 35.2. The molecule has 2 aromatic carbocycles. The number of anilines is 1. The number of carbonyl (C=O) groups is 3. The predicted octanol–water partition coefficient (Wildman–Crippen LogP) is 4.16. The van der Waals surface area contributed by atoms with Gasteiger partial charge in [0.05, 0.1) is 17.0 Å². The van der Waals surface area contributed by atoms with Crippen LogP contribution in [-0.2, 0) is 36.2 Å². The third kappa shape index (κ3) is 9.19. The lowest BCUT2D eigenvalue weighted by atomic mass is 9.76. The Hall–Kier alpha value is -3.70. The largest absolute Gasteiger partial charge is 0.399 e. The monoisotopic (exact) mass is 655 g/mol. The number of aryl methyl sites for hydroxylation is 1. The third-order valence-electron chi connectivity index (χ3n) is 8.43. The van der Waals surface area contributed by atoms with Crippen molar-refractivity contribution >= 4 is 33.4 Å². The van der Waals surface area contributed by atoms with Crippen LogP contribution in [0.5, 0.6) is 0 Å². The molecule has 0 aromatic heterocycles. The summed E-state index contributed by atoms with van der Waals surface area (Å²) < 4.78 is 28.4. The number of likely N-dealkylation sites (N-methyl/N-ethyl adjacent to an activating group) is 2. The van der Waals surface area contributed by atoms with E-state index in [1.807, 2.05) is 78.8 Å². The first-order valence-electron chi connectivity index (χ1n) is 15.6. The van der Waals surface area contributed by atoms with E-state index in [2.05, 4.69) is 15.4 Å². The fraction of sp³-hybridized carbons (Fsp3) is 0.514. The van der Waals surface area contributed by atoms with Gasteiger partial charge in [0.2, 0.25) is 11.8 Å². The average Bonchev–Trinajstić information content (AvgIpc) is 2.97. The summed E-state index contributed by atoms with van der Waals surface area (Å²) in [5, 5.41) is 6.16. The van der Waals surface area contributed by atoms with Crippen LogP contribution in [-0.4, -0.2) is 63.3 Å². The molecule has 0 aliphatic heterocycles. The fourth-order valence-corrected chi connectivity index (χ4v) is 6.87. The van der Waals surface area contributed by atoms with E-state index in [1.165, 1.54) is 24.0 Å². The lowest BCUT2D eigenvalue weighted by molar-refractivity contribution is -0.140. The summed E-state index contributed by atoms with van der Waals surface area (Å²) in [7, 11) is -0.828. The smallest absolute Gasteiger partial charge is 0.264 e. The zero-order valence-corrected chi connectivity index (χ0v) is 30.0. The van der Waals surface area contributed by atoms with Gasteiger partial charge in [-0.3, -0.25) is 14.4 Å². The van der Waals surface area contributed by atoms with E-state index in [0.717, 1.165) is 5.56 Å². The molecular weight excluding hydrogens is 602 g/mol. The minimum Gasteiger partial charge on any atom is -0.399 e. The van der Waals surface area contributed by atoms with E-state index in [-0.39, 0.29) is 28.2 Å². The second-order valence-corrected chi connectivity index (χ2v) is 15.5. The third-order valence-corrected chi connectivity index (χ3v) is 9.86. The van der Waals surface area contributed by atoms with Gasteiger partial charge in [0, 0.05) is 23.7 Å². The Morgan fingerprint density at radius 1 is 0.978 bits per heavy atom. The summed E-state index contributed by atoms with van der Waals surface area (Å²) in [5.74, 6) is -1.59. The van der Waals surface area contributed by atoms with Crippen molar-refractivity contribution in [2.75, 3.05) is 19.8 Å². The number of nitrogens with one attached hydrogen (secondary N) is 3. The molecule has 0 aliphatic rings. The molecular formula is C35H53N5O5S. The Kier molecular flexibility index (Phi) is 12.8. The van der Waals surface area contributed by atoms with Gasteiger partial charge in [0.1, 0.15) is 6.04 Å². The number of rotatable bonds is 13. The lowest BCUT2D eigenvalue weighted by Gasteiger charge is -2.40. The SMILES string of the molecule is CCc1cc(N)ccc1S(=O)(=O)NC(=O)/C(C)=C/[C@H](C(C)C)N(C)C(=O)C(NC(=O)[C@@H](NC)C(C)(C)c1ccccc1)C(C)(C)C. The first kappa shape index (κ1) is 38.5. The molecule has 2 rings (SSSR count). The molecule has 0 radical (unpaired) electrons. The first-order valence-corrected chi connectivity index (χ1v) is 17.1. The zero-order valence-electron chi connectivity index (χ0n) is 29.2. The molecule has 0 saturated heterocycles. The maximum absolute atomic E-state index is 14.1. The maximum Gasteiger partial charge on any atom is 0.264 e. The molecule has 3 atom stereocenters. The van der Waals surface area contributed by atoms with Crippen molar-refractivity contribution in [1.82, 2.24) is 20.3 Å². The number of nitrogen functional groups attached to an aromatic ring is 1. The molecule has 0 bridgehead atoms. The van der Waals surface area contributed by atoms with E-state index >= 15 is 0 Å². The molecule has 5 N–H and O–H groups in total. The molecule has 0 fully saturated rings. The number of hydrogen-bond donors (Lipinski definition) is 4. The van der Waals surface area contributed by atoms with Crippen LogP contribution in [0.4, 0.5) is 5.69 Å². The van der Waals surface area contributed by atoms with E-state index in [1.54, 1.807) is 33.2 Å². The molecule has 0 aliphatic carbocycles. The van der Waals surface area contributed by atoms with Crippen LogP contribution in [0, 0.1) is 11.3 Å². The van der Waals surface area contributed by atoms with Crippen LogP contribution in [0.25, 0.3) is 0 Å². The minimum atomic E-state index is -4.18. The van der Waals surface area contributed by atoms with E-state index in [4.69, 9.17) is 5.73 Å². The number of benzene rings is 2. The van der Waals surface area contributed by atoms with Crippen molar-refractivity contribution in [1.29, 1.82) is 0 Å². The van der Waals surface area contributed by atoms with Gasteiger partial charge in [0.15, 0.2) is 0 Å². The molecule has 10 nitrogen and oxygen atoms in total. The highest BCUT2D eigenvalue weighted by atomic mass is 32.2. The predicted molar refractivity (Wildman–Crippen MR) is 184 cm³/mol. The second kappa shape index (κ2) is 15.3. The highest BCUT2D eigenvalue weighted by molar-refractivity contribution is 7.90. The van der Waals surface area contributed by atoms with Gasteiger partial charge >= 0.3 is 0 Å². The van der Waals surface area contributed by atoms with E-state index < -0.39 is 44.9 Å². The molecule has 0 spiro atoms. The Morgan fingerprint density at radius 2 is 1.57 bits per heavy atom. The van der Waals surface area contributed by atoms with Gasteiger partial charge in [-0.15, -0.1) is 0 Å². The minimum absolute atomic E-state index is 0.0165. The van der Waals surface area contributed by atoms with E-state index in [0.29, 0.717) is 17.7 Å². The number of nitrogens with zero attached hydrogens (tertiary/aromatic N) is 1. The van der Waals surface area contributed by atoms with Crippen molar-refractivity contribution in [3.05, 3.63) is 71.3 Å². The maximum atomic E-state index is 14.1. The van der Waals surface area contributed by atoms with Crippen LogP contribution >= 0.6 is 0 Å². The Balaban J connectivity index is 2.36. The number of amides is 3. The van der Waals surface area contributed by atoms with Gasteiger partial charge in [-0.25, -0.2) is 13.1 Å². The Labute approximate surface area is 275 Å². The summed E-state index contributed by atoms with van der Waals surface area (Å²) in [6.45, 7) is 16.7. The summed E-state index contributed by atoms with van der Waals surface area (Å²) in [6, 6.07) is 12.0. The van der Waals surface area contributed by atoms with Crippen molar-refractivity contribution in [2.45, 2.75) is 97.2 Å². The molecule has 254 valence electrons. The van der Waals surface area contributed by atoms with Crippen LogP contribution in [0.1, 0.15) is 73.4 Å². The molecule has 0 saturated carbocycles. The van der Waals surface area contributed by atoms with Crippen molar-refractivity contribution < 1.29 is 22.8 Å². The first-order chi connectivity index (χ1) is 21.2. The highest BCUT2D eigenvalue weighted by Crippen LogP contribution is 2.29. The quantitative estimate of drug-likeness (QED) is 0.187. The van der Waals surface area contributed by atoms with Gasteiger partial charge in [-0.1, -0.05) is 91.8 Å². The summed E-state index contributed by atoms with van der Waals surface area (Å²) in [5.41, 5.74) is 6.61. The molecule has 3 amide bonds. The standard InChI is InChI=1S/C35H53N5O5S/c1-12-24-21-26(36)18-19-28(24)46(44,45)39-31(41)23(4)20-27(22(2)3)40(11)33(43)30(34(5,6)7)38-32(42)29(37-10)35(8,9)25-16-14-13-15-17-25/h13-22,27,29-30,37H,12,36H2,1-11H3,(H,38,42)(H,39,41)/b23-20+/t27-,29-,30?/m1/s1. The van der Waals surface area contributed by atoms with Crippen molar-refractivity contribution in [3.8, 4) is 0 Å². The molecule has 46 heavy (non-hydrogen) atoms. The highest BCUT2D eigenvalue weighted by Gasteiger charge is 2.41. The second-order valence-electron chi connectivity index (χ2n) is 13.8. The normalized spacial score (nSPS) is 14.7. The summed E-state index contributed by atoms with van der Waals surface area (Å²) in [6.07, 6.45) is 2.00.